The topological polar surface area (TPSA) is 155 Å². The van der Waals surface area contributed by atoms with Crippen LogP contribution in [-0.4, -0.2) is 117 Å². The van der Waals surface area contributed by atoms with Crippen molar-refractivity contribution in [1.29, 1.82) is 0 Å². The second-order valence-electron chi connectivity index (χ2n) is 16.4. The average molecular weight is 834 g/mol. The van der Waals surface area contributed by atoms with Crippen LogP contribution < -0.4 is 9.63 Å². The predicted octanol–water partition coefficient (Wildman–Crippen LogP) is 8.44. The van der Waals surface area contributed by atoms with Crippen molar-refractivity contribution in [2.24, 2.45) is 0 Å². The number of likely N-dealkylation sites (N-methyl/N-ethyl adjacent to an activating group) is 2. The van der Waals surface area contributed by atoms with Gasteiger partial charge < -0.3 is 37.4 Å². The molecule has 0 N–H and O–H groups in total. The molecule has 14 nitrogen and oxygen atoms in total. The van der Waals surface area contributed by atoms with Gasteiger partial charge in [0.1, 0.15) is 32.0 Å². The van der Waals surface area contributed by atoms with Crippen molar-refractivity contribution < 1.29 is 56.0 Å². The van der Waals surface area contributed by atoms with Gasteiger partial charge in [-0.2, -0.15) is 4.37 Å². The van der Waals surface area contributed by atoms with Crippen molar-refractivity contribution in [1.82, 2.24) is 8.75 Å². The fraction of sp³-hybridized carbons (Fsp3) is 0.850. The zero-order valence-corrected chi connectivity index (χ0v) is 37.2. The molecule has 56 heavy (non-hydrogen) atoms. The van der Waals surface area contributed by atoms with Crippen LogP contribution in [0.25, 0.3) is 5.57 Å². The normalized spacial score (nSPS) is 17.5. The number of esters is 1. The van der Waals surface area contributed by atoms with Gasteiger partial charge >= 0.3 is 12.1 Å². The summed E-state index contributed by atoms with van der Waals surface area (Å²) in [5.74, 6) is 0.0705. The number of phosphoric acid groups is 1. The molecule has 0 bridgehead atoms. The highest BCUT2D eigenvalue weighted by molar-refractivity contribution is 7.45. The molecular weight excluding hydrogens is 759 g/mol. The summed E-state index contributed by atoms with van der Waals surface area (Å²) < 4.78 is 54.6. The van der Waals surface area contributed by atoms with Crippen LogP contribution in [0, 0.1) is 0 Å². The highest BCUT2D eigenvalue weighted by Gasteiger charge is 2.32. The second-order valence-corrected chi connectivity index (χ2v) is 18.3. The van der Waals surface area contributed by atoms with Crippen LogP contribution in [0.2, 0.25) is 0 Å². The van der Waals surface area contributed by atoms with Crippen molar-refractivity contribution in [3.05, 3.63) is 11.8 Å². The molecule has 0 radical (unpaired) electrons. The van der Waals surface area contributed by atoms with E-state index in [2.05, 4.69) is 28.7 Å². The van der Waals surface area contributed by atoms with Gasteiger partial charge in [-0.1, -0.05) is 116 Å². The molecular formula is C40H74N4O10PS+. The van der Waals surface area contributed by atoms with E-state index in [4.69, 9.17) is 28.0 Å². The van der Waals surface area contributed by atoms with Gasteiger partial charge in [0.2, 0.25) is 6.73 Å². The first-order valence-corrected chi connectivity index (χ1v) is 23.3. The van der Waals surface area contributed by atoms with Gasteiger partial charge in [0.15, 0.2) is 6.10 Å². The number of phosphoric ester groups is 1. The van der Waals surface area contributed by atoms with E-state index in [9.17, 15) is 19.0 Å². The SMILES string of the molecule is CCCCCCCCCCCCCCCC(=O)OCC(COP(=O)([O-])OCC[N+](C)(C)C)OC(=O)OC[N+]1(C)CCC=C(c2nsnc2OCCCCCC)C1. The standard InChI is InChI=1S/C40H74N4O10PS/c1-7-9-11-13-14-15-16-17-18-19-20-21-22-26-37(45)50-32-36(33-53-55(47,48)52-30-28-43(3,4)5)54-40(46)51-34-44(6)27-24-25-35(31-44)38-39(42-56-41-38)49-29-23-12-10-8-2/h25,36H,7-24,26-34H2,1-6H3/q+1. The molecule has 2 heterocycles. The molecule has 3 atom stereocenters. The number of rotatable bonds is 33. The van der Waals surface area contributed by atoms with Crippen LogP contribution in [0.4, 0.5) is 4.79 Å². The number of hydrogen-bond donors (Lipinski definition) is 0. The summed E-state index contributed by atoms with van der Waals surface area (Å²) in [6.45, 7) is 5.57. The summed E-state index contributed by atoms with van der Waals surface area (Å²) in [5, 5.41) is 0. The average Bonchev–Trinajstić information content (AvgIpc) is 3.62. The monoisotopic (exact) mass is 833 g/mol. The Morgan fingerprint density at radius 3 is 2.07 bits per heavy atom. The van der Waals surface area contributed by atoms with Gasteiger partial charge in [-0.25, -0.2) is 4.79 Å². The van der Waals surface area contributed by atoms with Crippen LogP contribution >= 0.6 is 19.6 Å². The van der Waals surface area contributed by atoms with Crippen molar-refractivity contribution in [2.75, 3.05) is 81.0 Å². The Balaban J connectivity index is 1.83. The Labute approximate surface area is 341 Å². The smallest absolute Gasteiger partial charge is 0.513 e. The first-order valence-electron chi connectivity index (χ1n) is 21.1. The van der Waals surface area contributed by atoms with Crippen LogP contribution in [-0.2, 0) is 32.6 Å². The first kappa shape index (κ1) is 50.0. The van der Waals surface area contributed by atoms with Crippen molar-refractivity contribution in [2.45, 2.75) is 142 Å². The van der Waals surface area contributed by atoms with E-state index in [-0.39, 0.29) is 26.4 Å². The summed E-state index contributed by atoms with van der Waals surface area (Å²) in [6, 6.07) is 0. The Hall–Kier alpha value is -2.13. The minimum absolute atomic E-state index is 0.0123. The maximum absolute atomic E-state index is 13.0. The Bertz CT molecular complexity index is 1310. The Morgan fingerprint density at radius 2 is 1.45 bits per heavy atom. The number of quaternary nitrogens is 2. The number of carbonyl (C=O) groups is 2. The lowest BCUT2D eigenvalue weighted by molar-refractivity contribution is -0.919. The maximum Gasteiger partial charge on any atom is 0.513 e. The Morgan fingerprint density at radius 1 is 0.839 bits per heavy atom. The summed E-state index contributed by atoms with van der Waals surface area (Å²) in [7, 11) is 2.96. The third kappa shape index (κ3) is 23.9. The lowest BCUT2D eigenvalue weighted by Crippen LogP contribution is -2.49. The lowest BCUT2D eigenvalue weighted by Gasteiger charge is -2.36. The minimum Gasteiger partial charge on any atom is -0.756 e. The van der Waals surface area contributed by atoms with Crippen LogP contribution in [0.15, 0.2) is 6.08 Å². The molecule has 324 valence electrons. The fourth-order valence-electron chi connectivity index (χ4n) is 6.23. The van der Waals surface area contributed by atoms with E-state index in [0.717, 1.165) is 62.2 Å². The predicted molar refractivity (Wildman–Crippen MR) is 218 cm³/mol. The molecule has 0 spiro atoms. The molecule has 1 aliphatic rings. The number of aromatic nitrogens is 2. The van der Waals surface area contributed by atoms with Crippen molar-refractivity contribution in [3.63, 3.8) is 0 Å². The molecule has 0 amide bonds. The van der Waals surface area contributed by atoms with Gasteiger partial charge in [-0.3, -0.25) is 13.8 Å². The summed E-state index contributed by atoms with van der Waals surface area (Å²) >= 11 is 1.11. The first-order chi connectivity index (χ1) is 26.8. The molecule has 0 saturated heterocycles. The molecule has 1 aromatic heterocycles. The van der Waals surface area contributed by atoms with Crippen molar-refractivity contribution >= 4 is 37.2 Å². The third-order valence-corrected chi connectivity index (χ3v) is 11.2. The van der Waals surface area contributed by atoms with E-state index in [0.29, 0.717) is 53.2 Å². The number of hydrogen-bond acceptors (Lipinski definition) is 13. The molecule has 0 saturated carbocycles. The molecule has 1 aliphatic heterocycles. The zero-order valence-electron chi connectivity index (χ0n) is 35.5. The molecule has 2 rings (SSSR count). The Kier molecular flexibility index (Phi) is 25.3. The molecule has 1 aromatic rings. The van der Waals surface area contributed by atoms with Gasteiger partial charge in [0.25, 0.3) is 13.7 Å². The second kappa shape index (κ2) is 28.3. The molecule has 0 fully saturated rings. The maximum atomic E-state index is 13.0. The van der Waals surface area contributed by atoms with Crippen molar-refractivity contribution in [3.8, 4) is 5.88 Å². The van der Waals surface area contributed by atoms with Gasteiger partial charge in [0, 0.05) is 18.4 Å². The number of carbonyl (C=O) groups excluding carboxylic acids is 2. The summed E-state index contributed by atoms with van der Waals surface area (Å²) in [4.78, 5) is 38.1. The van der Waals surface area contributed by atoms with Crippen LogP contribution in [0.1, 0.15) is 142 Å². The van der Waals surface area contributed by atoms with E-state index >= 15 is 0 Å². The lowest BCUT2D eigenvalue weighted by atomic mass is 10.0. The van der Waals surface area contributed by atoms with E-state index < -0.39 is 32.7 Å². The van der Waals surface area contributed by atoms with E-state index in [1.807, 2.05) is 28.2 Å². The van der Waals surface area contributed by atoms with Crippen LogP contribution in [0.5, 0.6) is 5.88 Å². The van der Waals surface area contributed by atoms with Gasteiger partial charge in [0.05, 0.1) is 59.7 Å². The quantitative estimate of drug-likeness (QED) is 0.0289. The molecule has 16 heteroatoms. The minimum atomic E-state index is -4.73. The van der Waals surface area contributed by atoms with Gasteiger partial charge in [-0.05, 0) is 12.8 Å². The summed E-state index contributed by atoms with van der Waals surface area (Å²) in [6.07, 6.45) is 20.7. The molecule has 0 aliphatic carbocycles. The highest BCUT2D eigenvalue weighted by atomic mass is 32.1. The van der Waals surface area contributed by atoms with E-state index in [1.165, 1.54) is 64.2 Å². The van der Waals surface area contributed by atoms with Crippen LogP contribution in [0.3, 0.4) is 0 Å². The molecule has 0 aromatic carbocycles. The largest absolute Gasteiger partial charge is 0.756 e. The zero-order chi connectivity index (χ0) is 41.1. The molecule has 3 unspecified atom stereocenters. The van der Waals surface area contributed by atoms with Gasteiger partial charge in [-0.15, -0.1) is 4.37 Å². The number of nitrogens with zero attached hydrogens (tertiary/aromatic N) is 4. The number of ether oxygens (including phenoxy) is 4. The highest BCUT2D eigenvalue weighted by Crippen LogP contribution is 2.38. The van der Waals surface area contributed by atoms with E-state index in [1.54, 1.807) is 0 Å². The third-order valence-electron chi connectivity index (χ3n) is 9.71. The fourth-order valence-corrected chi connectivity index (χ4v) is 7.49. The number of unbranched alkanes of at least 4 members (excludes halogenated alkanes) is 15. The summed E-state index contributed by atoms with van der Waals surface area (Å²) in [5.41, 5.74) is 1.67.